The van der Waals surface area contributed by atoms with Gasteiger partial charge in [0.25, 0.3) is 0 Å². The number of benzene rings is 3. The molecule has 3 aromatic rings. The maximum absolute atomic E-state index is 6.58. The van der Waals surface area contributed by atoms with Gasteiger partial charge in [-0.25, -0.2) is 0 Å². The second-order valence-corrected chi connectivity index (χ2v) is 18.7. The van der Waals surface area contributed by atoms with Crippen LogP contribution in [0.5, 0.6) is 34.5 Å². The molecule has 235 valence electrons. The third kappa shape index (κ3) is 9.62. The first-order valence-corrected chi connectivity index (χ1v) is 19.8. The van der Waals surface area contributed by atoms with Crippen molar-refractivity contribution in [3.8, 4) is 34.5 Å². The molecule has 0 heterocycles. The standard InChI is InChI=1S/3C12H17O2.Sn/c3*1-9(2)13-11-6-5-7-12(8-11)14-10(3)4;/h3*5-7,9-10H,1-4H3;. The number of hydrogen-bond acceptors (Lipinski definition) is 6. The Kier molecular flexibility index (Phi) is 12.8. The van der Waals surface area contributed by atoms with Crippen LogP contribution in [0.1, 0.15) is 83.1 Å². The summed E-state index contributed by atoms with van der Waals surface area (Å²) in [7, 11) is 0. The quantitative estimate of drug-likeness (QED) is 0.161. The molecule has 0 aromatic heterocycles. The summed E-state index contributed by atoms with van der Waals surface area (Å²) >= 11 is -3.54. The molecule has 3 rings (SSSR count). The van der Waals surface area contributed by atoms with E-state index in [1.165, 1.54) is 0 Å². The van der Waals surface area contributed by atoms with Gasteiger partial charge in [0.1, 0.15) is 0 Å². The molecule has 0 saturated carbocycles. The van der Waals surface area contributed by atoms with Gasteiger partial charge in [0.2, 0.25) is 0 Å². The summed E-state index contributed by atoms with van der Waals surface area (Å²) in [5.41, 5.74) is 0. The van der Waals surface area contributed by atoms with Crippen LogP contribution in [0.2, 0.25) is 0 Å². The van der Waals surface area contributed by atoms with Crippen molar-refractivity contribution in [1.29, 1.82) is 0 Å². The van der Waals surface area contributed by atoms with E-state index in [-0.39, 0.29) is 36.6 Å². The summed E-state index contributed by atoms with van der Waals surface area (Å²) in [6, 6.07) is 18.3. The van der Waals surface area contributed by atoms with Crippen LogP contribution in [0.3, 0.4) is 0 Å². The van der Waals surface area contributed by atoms with Gasteiger partial charge in [0.15, 0.2) is 0 Å². The first kappa shape index (κ1) is 34.7. The SMILES string of the molecule is CC(C)Oc1cccc(OC(C)C)[c]1[Sn]([c]1c(OC(C)C)cccc1OC(C)C)[c]1c(OC(C)C)cccc1OC(C)C. The van der Waals surface area contributed by atoms with Crippen LogP contribution in [-0.2, 0) is 0 Å². The first-order chi connectivity index (χ1) is 20.3. The van der Waals surface area contributed by atoms with E-state index in [0.29, 0.717) is 0 Å². The van der Waals surface area contributed by atoms with Gasteiger partial charge in [-0.15, -0.1) is 0 Å². The zero-order valence-corrected chi connectivity index (χ0v) is 31.0. The van der Waals surface area contributed by atoms with Crippen LogP contribution in [0, 0.1) is 0 Å². The summed E-state index contributed by atoms with van der Waals surface area (Å²) < 4.78 is 42.6. The molecule has 0 N–H and O–H groups in total. The molecule has 0 aliphatic heterocycles. The Morgan fingerprint density at radius 2 is 0.488 bits per heavy atom. The number of hydrogen-bond donors (Lipinski definition) is 0. The third-order valence-corrected chi connectivity index (χ3v) is 14.4. The summed E-state index contributed by atoms with van der Waals surface area (Å²) in [5.74, 6) is 4.79. The predicted octanol–water partition coefficient (Wildman–Crippen LogP) is 6.93. The van der Waals surface area contributed by atoms with Crippen molar-refractivity contribution in [2.24, 2.45) is 0 Å². The van der Waals surface area contributed by atoms with Crippen molar-refractivity contribution >= 4 is 30.5 Å². The second kappa shape index (κ2) is 15.8. The van der Waals surface area contributed by atoms with Crippen molar-refractivity contribution in [3.05, 3.63) is 54.6 Å². The average Bonchev–Trinajstić information content (AvgIpc) is 2.86. The summed E-state index contributed by atoms with van der Waals surface area (Å²) in [5, 5.41) is 0. The molecule has 0 fully saturated rings. The van der Waals surface area contributed by atoms with Crippen molar-refractivity contribution < 1.29 is 28.4 Å². The van der Waals surface area contributed by atoms with Crippen LogP contribution >= 0.6 is 0 Å². The molecule has 0 saturated heterocycles. The molecule has 0 unspecified atom stereocenters. The minimum absolute atomic E-state index is 0.0419. The van der Waals surface area contributed by atoms with E-state index in [1.54, 1.807) is 0 Å². The van der Waals surface area contributed by atoms with Gasteiger partial charge < -0.3 is 0 Å². The van der Waals surface area contributed by atoms with Crippen LogP contribution in [0.25, 0.3) is 0 Å². The fraction of sp³-hybridized carbons (Fsp3) is 0.500. The average molecular weight is 699 g/mol. The Hall–Kier alpha value is -2.74. The molecule has 0 spiro atoms. The Bertz CT molecular complexity index is 1070. The van der Waals surface area contributed by atoms with Crippen LogP contribution in [0.15, 0.2) is 54.6 Å². The molecular weight excluding hydrogens is 647 g/mol. The molecule has 0 atom stereocenters. The van der Waals surface area contributed by atoms with E-state index in [1.807, 2.05) is 54.6 Å². The van der Waals surface area contributed by atoms with Gasteiger partial charge >= 0.3 is 268 Å². The second-order valence-electron chi connectivity index (χ2n) is 12.3. The Balaban J connectivity index is 2.62. The summed E-state index contributed by atoms with van der Waals surface area (Å²) in [4.78, 5) is 0. The zero-order valence-electron chi connectivity index (χ0n) is 28.1. The van der Waals surface area contributed by atoms with E-state index >= 15 is 0 Å². The fourth-order valence-electron chi connectivity index (χ4n) is 4.76. The Morgan fingerprint density at radius 3 is 0.628 bits per heavy atom. The van der Waals surface area contributed by atoms with Crippen molar-refractivity contribution in [2.75, 3.05) is 0 Å². The Morgan fingerprint density at radius 1 is 0.326 bits per heavy atom. The van der Waals surface area contributed by atoms with Gasteiger partial charge in [-0.2, -0.15) is 0 Å². The zero-order chi connectivity index (χ0) is 31.8. The summed E-state index contributed by atoms with van der Waals surface area (Å²) in [6.07, 6.45) is -0.251. The molecule has 3 aromatic carbocycles. The third-order valence-electron chi connectivity index (χ3n) is 5.89. The van der Waals surface area contributed by atoms with Crippen molar-refractivity contribution in [3.63, 3.8) is 0 Å². The summed E-state index contributed by atoms with van der Waals surface area (Å²) in [6.45, 7) is 24.6. The molecule has 0 aliphatic rings. The van der Waals surface area contributed by atoms with E-state index in [0.717, 1.165) is 45.2 Å². The van der Waals surface area contributed by atoms with Crippen molar-refractivity contribution in [1.82, 2.24) is 0 Å². The predicted molar refractivity (Wildman–Crippen MR) is 179 cm³/mol. The van der Waals surface area contributed by atoms with Gasteiger partial charge in [0.05, 0.1) is 0 Å². The number of ether oxygens (including phenoxy) is 6. The molecule has 6 nitrogen and oxygen atoms in total. The monoisotopic (exact) mass is 699 g/mol. The van der Waals surface area contributed by atoms with E-state index in [9.17, 15) is 0 Å². The van der Waals surface area contributed by atoms with E-state index < -0.39 is 19.8 Å². The molecule has 7 heteroatoms. The molecule has 43 heavy (non-hydrogen) atoms. The van der Waals surface area contributed by atoms with Crippen LogP contribution in [-0.4, -0.2) is 56.4 Å². The number of rotatable bonds is 15. The van der Waals surface area contributed by atoms with Crippen LogP contribution in [0.4, 0.5) is 0 Å². The molecular formula is C36H51O6Sn. The Labute approximate surface area is 266 Å². The molecule has 0 amide bonds. The molecule has 1 radical (unpaired) electrons. The first-order valence-electron chi connectivity index (χ1n) is 15.5. The van der Waals surface area contributed by atoms with Gasteiger partial charge in [-0.1, -0.05) is 0 Å². The minimum atomic E-state index is -3.54. The van der Waals surface area contributed by atoms with Gasteiger partial charge in [-0.3, -0.25) is 0 Å². The van der Waals surface area contributed by atoms with E-state index in [2.05, 4.69) is 83.1 Å². The topological polar surface area (TPSA) is 55.4 Å². The van der Waals surface area contributed by atoms with Gasteiger partial charge in [0, 0.05) is 0 Å². The van der Waals surface area contributed by atoms with E-state index in [4.69, 9.17) is 28.4 Å². The molecule has 0 aliphatic carbocycles. The van der Waals surface area contributed by atoms with Gasteiger partial charge in [-0.05, 0) is 0 Å². The normalized spacial score (nSPS) is 11.8. The fourth-order valence-corrected chi connectivity index (χ4v) is 13.6. The molecule has 0 bridgehead atoms. The maximum atomic E-state index is 6.58. The van der Waals surface area contributed by atoms with Crippen LogP contribution < -0.4 is 39.2 Å². The van der Waals surface area contributed by atoms with Crippen molar-refractivity contribution in [2.45, 2.75) is 120 Å².